The van der Waals surface area contributed by atoms with Crippen LogP contribution in [-0.4, -0.2) is 69.9 Å². The fourth-order valence-electron chi connectivity index (χ4n) is 4.99. The largest absolute Gasteiger partial charge is 0.462 e. The molecular formula is C27H31FN8O3. The zero-order valence-electron chi connectivity index (χ0n) is 22.3. The molecule has 0 spiro atoms. The Morgan fingerprint density at radius 2 is 1.95 bits per heavy atom. The Balaban J connectivity index is 1.50. The van der Waals surface area contributed by atoms with E-state index in [-0.39, 0.29) is 36.1 Å². The van der Waals surface area contributed by atoms with Gasteiger partial charge < -0.3 is 25.6 Å². The van der Waals surface area contributed by atoms with Crippen molar-refractivity contribution in [2.45, 2.75) is 32.9 Å². The highest BCUT2D eigenvalue weighted by Crippen LogP contribution is 2.31. The first-order valence-electron chi connectivity index (χ1n) is 12.8. The van der Waals surface area contributed by atoms with Crippen LogP contribution in [0.15, 0.2) is 36.7 Å². The number of amides is 2. The molecule has 2 atom stereocenters. The van der Waals surface area contributed by atoms with Gasteiger partial charge in [-0.15, -0.1) is 0 Å². The van der Waals surface area contributed by atoms with Crippen molar-refractivity contribution in [3.05, 3.63) is 48.0 Å². The number of piperazine rings is 1. The van der Waals surface area contributed by atoms with Crippen molar-refractivity contribution in [2.24, 2.45) is 7.05 Å². The number of hydrogen-bond acceptors (Lipinski definition) is 8. The van der Waals surface area contributed by atoms with Crippen molar-refractivity contribution >= 4 is 45.0 Å². The van der Waals surface area contributed by atoms with Gasteiger partial charge in [0.2, 0.25) is 5.91 Å². The van der Waals surface area contributed by atoms with Crippen LogP contribution in [0.25, 0.3) is 21.8 Å². The van der Waals surface area contributed by atoms with Gasteiger partial charge in [-0.05, 0) is 38.1 Å². The maximum atomic E-state index is 14.6. The molecule has 3 N–H and O–H groups in total. The molecule has 0 saturated carbocycles. The third kappa shape index (κ3) is 5.75. The van der Waals surface area contributed by atoms with E-state index in [4.69, 9.17) is 4.74 Å². The number of halogens is 1. The summed E-state index contributed by atoms with van der Waals surface area (Å²) in [5, 5.41) is 14.4. The molecule has 12 heteroatoms. The summed E-state index contributed by atoms with van der Waals surface area (Å²) in [6, 6.07) is 7.19. The van der Waals surface area contributed by atoms with Crippen LogP contribution < -0.4 is 25.6 Å². The van der Waals surface area contributed by atoms with Gasteiger partial charge in [0.15, 0.2) is 5.82 Å². The number of rotatable bonds is 7. The summed E-state index contributed by atoms with van der Waals surface area (Å²) in [5.74, 6) is -1.14. The van der Waals surface area contributed by atoms with Crippen molar-refractivity contribution in [1.82, 2.24) is 30.4 Å². The highest BCUT2D eigenvalue weighted by Gasteiger charge is 2.25. The van der Waals surface area contributed by atoms with Crippen molar-refractivity contribution in [1.29, 1.82) is 0 Å². The van der Waals surface area contributed by atoms with E-state index < -0.39 is 11.7 Å². The smallest absolute Gasteiger partial charge is 0.317 e. The van der Waals surface area contributed by atoms with E-state index >= 15 is 0 Å². The average Bonchev–Trinajstić information content (AvgIpc) is 3.25. The van der Waals surface area contributed by atoms with Crippen molar-refractivity contribution in [2.75, 3.05) is 36.5 Å². The molecule has 1 saturated heterocycles. The minimum atomic E-state index is -0.525. The maximum Gasteiger partial charge on any atom is 0.317 e. The van der Waals surface area contributed by atoms with Gasteiger partial charge in [-0.2, -0.15) is 10.1 Å². The molecule has 1 fully saturated rings. The Morgan fingerprint density at radius 1 is 1.18 bits per heavy atom. The van der Waals surface area contributed by atoms with Crippen molar-refractivity contribution < 1.29 is 18.7 Å². The van der Waals surface area contributed by atoms with Crippen LogP contribution in [0.2, 0.25) is 0 Å². The standard InChI is InChI=1S/C27H31FN8O3/c1-15-12-36(13-16(2)31-15)23-6-5-20(25-21(23)11-30-27(33-25)39-8-7-29-17(3)37)26(38)32-19-9-18-14-35(4)34-24(18)22(28)10-19/h5-6,9-11,14-16,31H,7-8,12-13H2,1-4H3,(H,29,37)(H,32,38)/t15-,16+. The molecule has 2 aromatic heterocycles. The molecule has 4 aromatic rings. The summed E-state index contributed by atoms with van der Waals surface area (Å²) in [6.07, 6.45) is 3.34. The number of fused-ring (bicyclic) bond motifs is 2. The molecule has 11 nitrogen and oxygen atoms in total. The molecule has 204 valence electrons. The second kappa shape index (κ2) is 10.8. The molecule has 0 radical (unpaired) electrons. The van der Waals surface area contributed by atoms with Gasteiger partial charge in [-0.1, -0.05) is 0 Å². The number of nitrogens with zero attached hydrogens (tertiary/aromatic N) is 5. The normalized spacial score (nSPS) is 17.4. The topological polar surface area (TPSA) is 126 Å². The zero-order chi connectivity index (χ0) is 27.7. The Bertz CT molecular complexity index is 1550. The number of carbonyl (C=O) groups is 2. The van der Waals surface area contributed by atoms with Crippen molar-refractivity contribution in [3.63, 3.8) is 0 Å². The fourth-order valence-corrected chi connectivity index (χ4v) is 4.99. The second-order valence-corrected chi connectivity index (χ2v) is 9.91. The molecule has 1 aliphatic rings. The Labute approximate surface area is 224 Å². The second-order valence-electron chi connectivity index (χ2n) is 9.91. The van der Waals surface area contributed by atoms with E-state index in [0.717, 1.165) is 18.8 Å². The lowest BCUT2D eigenvalue weighted by Gasteiger charge is -2.38. The van der Waals surface area contributed by atoms with Gasteiger partial charge in [0.1, 0.15) is 12.1 Å². The van der Waals surface area contributed by atoms with Crippen LogP contribution >= 0.6 is 0 Å². The number of hydrogen-bond donors (Lipinski definition) is 3. The van der Waals surface area contributed by atoms with Crippen LogP contribution in [0.4, 0.5) is 15.8 Å². The number of carbonyl (C=O) groups excluding carboxylic acids is 2. The third-order valence-corrected chi connectivity index (χ3v) is 6.49. The van der Waals surface area contributed by atoms with Gasteiger partial charge in [0, 0.05) is 73.7 Å². The molecule has 3 heterocycles. The highest BCUT2D eigenvalue weighted by atomic mass is 19.1. The lowest BCUT2D eigenvalue weighted by atomic mass is 10.0. The van der Waals surface area contributed by atoms with E-state index in [1.165, 1.54) is 17.7 Å². The van der Waals surface area contributed by atoms with E-state index in [0.29, 0.717) is 34.1 Å². The summed E-state index contributed by atoms with van der Waals surface area (Å²) in [5.41, 5.74) is 2.16. The highest BCUT2D eigenvalue weighted by molar-refractivity contribution is 6.14. The summed E-state index contributed by atoms with van der Waals surface area (Å²) >= 11 is 0. The van der Waals surface area contributed by atoms with Crippen LogP contribution in [-0.2, 0) is 11.8 Å². The predicted octanol–water partition coefficient (Wildman–Crippen LogP) is 2.61. The number of aryl methyl sites for hydroxylation is 1. The molecule has 5 rings (SSSR count). The Morgan fingerprint density at radius 3 is 2.69 bits per heavy atom. The van der Waals surface area contributed by atoms with Crippen LogP contribution in [0.3, 0.4) is 0 Å². The number of aromatic nitrogens is 4. The van der Waals surface area contributed by atoms with Crippen LogP contribution in [0, 0.1) is 5.82 Å². The SMILES string of the molecule is CC(=O)NCCOc1ncc2c(N3C[C@@H](C)N[C@@H](C)C3)ccc(C(=O)Nc3cc(F)c4nn(C)cc4c3)c2n1. The first-order valence-corrected chi connectivity index (χ1v) is 12.8. The van der Waals surface area contributed by atoms with Gasteiger partial charge in [-0.25, -0.2) is 9.37 Å². The van der Waals surface area contributed by atoms with Crippen molar-refractivity contribution in [3.8, 4) is 6.01 Å². The average molecular weight is 535 g/mol. The van der Waals surface area contributed by atoms with Crippen LogP contribution in [0.1, 0.15) is 31.1 Å². The molecule has 0 bridgehead atoms. The molecular weight excluding hydrogens is 503 g/mol. The molecule has 0 unspecified atom stereocenters. The minimum Gasteiger partial charge on any atom is -0.462 e. The monoisotopic (exact) mass is 534 g/mol. The molecule has 39 heavy (non-hydrogen) atoms. The van der Waals surface area contributed by atoms with E-state index in [9.17, 15) is 14.0 Å². The van der Waals surface area contributed by atoms with Gasteiger partial charge in [0.25, 0.3) is 5.91 Å². The number of nitrogens with one attached hydrogen (secondary N) is 3. The first kappa shape index (κ1) is 26.3. The predicted molar refractivity (Wildman–Crippen MR) is 147 cm³/mol. The third-order valence-electron chi connectivity index (χ3n) is 6.49. The summed E-state index contributed by atoms with van der Waals surface area (Å²) in [6.45, 7) is 7.71. The molecule has 2 amide bonds. The number of ether oxygens (including phenoxy) is 1. The number of anilines is 2. The van der Waals surface area contributed by atoms with Gasteiger partial charge >= 0.3 is 6.01 Å². The summed E-state index contributed by atoms with van der Waals surface area (Å²) in [4.78, 5) is 35.8. The maximum absolute atomic E-state index is 14.6. The number of benzene rings is 2. The summed E-state index contributed by atoms with van der Waals surface area (Å²) < 4.78 is 21.8. The molecule has 1 aliphatic heterocycles. The lowest BCUT2D eigenvalue weighted by molar-refractivity contribution is -0.119. The zero-order valence-corrected chi connectivity index (χ0v) is 22.3. The van der Waals surface area contributed by atoms with E-state index in [2.05, 4.69) is 49.8 Å². The molecule has 2 aromatic carbocycles. The van der Waals surface area contributed by atoms with Crippen LogP contribution in [0.5, 0.6) is 6.01 Å². The fraction of sp³-hybridized carbons (Fsp3) is 0.370. The Kier molecular flexibility index (Phi) is 7.29. The lowest BCUT2D eigenvalue weighted by Crippen LogP contribution is -2.54. The molecule has 0 aliphatic carbocycles. The van der Waals surface area contributed by atoms with E-state index in [1.54, 1.807) is 31.6 Å². The minimum absolute atomic E-state index is 0.0870. The van der Waals surface area contributed by atoms with Gasteiger partial charge in [0.05, 0.1) is 17.6 Å². The summed E-state index contributed by atoms with van der Waals surface area (Å²) in [7, 11) is 1.71. The Hall–Kier alpha value is -4.32. The first-order chi connectivity index (χ1) is 18.7. The quantitative estimate of drug-likeness (QED) is 0.309. The van der Waals surface area contributed by atoms with Gasteiger partial charge in [-0.3, -0.25) is 14.3 Å². The van der Waals surface area contributed by atoms with E-state index in [1.807, 2.05) is 6.07 Å².